The smallest absolute Gasteiger partial charge is 0.314 e. The number of urea groups is 1. The summed E-state index contributed by atoms with van der Waals surface area (Å²) < 4.78 is 28.2. The van der Waals surface area contributed by atoms with Crippen molar-refractivity contribution in [3.63, 3.8) is 0 Å². The van der Waals surface area contributed by atoms with E-state index in [9.17, 15) is 22.8 Å². The molecule has 230 valence electrons. The van der Waals surface area contributed by atoms with Crippen molar-refractivity contribution in [3.8, 4) is 0 Å². The summed E-state index contributed by atoms with van der Waals surface area (Å²) in [6.07, 6.45) is 1.27. The number of benzene rings is 2. The molecule has 1 atom stereocenters. The lowest BCUT2D eigenvalue weighted by atomic mass is 9.97. The van der Waals surface area contributed by atoms with Crippen LogP contribution in [-0.2, 0) is 27.8 Å². The minimum absolute atomic E-state index is 0.000588. The van der Waals surface area contributed by atoms with E-state index in [0.29, 0.717) is 30.8 Å². The minimum Gasteiger partial charge on any atom is -0.351 e. The fourth-order valence-electron chi connectivity index (χ4n) is 4.71. The number of sulfonamides is 1. The van der Waals surface area contributed by atoms with E-state index in [0.717, 1.165) is 15.7 Å². The maximum atomic E-state index is 13.8. The quantitative estimate of drug-likeness (QED) is 0.247. The maximum absolute atomic E-state index is 13.8. The van der Waals surface area contributed by atoms with Crippen molar-refractivity contribution < 1.29 is 22.8 Å². The molecule has 4 amide bonds. The molecule has 1 unspecified atom stereocenters. The number of nitrogens with zero attached hydrogens (tertiary/aromatic N) is 2. The molecule has 1 aliphatic rings. The highest BCUT2D eigenvalue weighted by molar-refractivity contribution is 9.10. The molecule has 0 saturated carbocycles. The molecular weight excluding hydrogens is 678 g/mol. The van der Waals surface area contributed by atoms with Gasteiger partial charge in [-0.05, 0) is 55.7 Å². The van der Waals surface area contributed by atoms with Crippen LogP contribution in [-0.4, -0.2) is 63.3 Å². The predicted octanol–water partition coefficient (Wildman–Crippen LogP) is 4.77. The molecule has 3 aromatic rings. The van der Waals surface area contributed by atoms with Gasteiger partial charge in [0, 0.05) is 60.1 Å². The molecule has 14 heteroatoms. The first-order chi connectivity index (χ1) is 20.5. The normalized spacial score (nSPS) is 14.7. The van der Waals surface area contributed by atoms with Crippen molar-refractivity contribution in [1.82, 2.24) is 20.3 Å². The predicted molar refractivity (Wildman–Crippen MR) is 172 cm³/mol. The summed E-state index contributed by atoms with van der Waals surface area (Å²) in [5.41, 5.74) is 1.93. The molecule has 43 heavy (non-hydrogen) atoms. The number of carbonyl (C=O) groups is 3. The first-order valence-electron chi connectivity index (χ1n) is 13.7. The van der Waals surface area contributed by atoms with Crippen LogP contribution in [0.5, 0.6) is 0 Å². The molecule has 2 heterocycles. The lowest BCUT2D eigenvalue weighted by molar-refractivity contribution is -0.121. The number of fused-ring (bicyclic) bond motifs is 1. The summed E-state index contributed by atoms with van der Waals surface area (Å²) >= 11 is 11.2. The van der Waals surface area contributed by atoms with E-state index >= 15 is 0 Å². The molecule has 4 rings (SSSR count). The van der Waals surface area contributed by atoms with Crippen LogP contribution in [0, 0.1) is 0 Å². The van der Waals surface area contributed by atoms with Gasteiger partial charge in [-0.25, -0.2) is 13.2 Å². The Hall–Kier alpha value is -2.97. The monoisotopic (exact) mass is 709 g/mol. The van der Waals surface area contributed by atoms with Crippen LogP contribution in [0.25, 0.3) is 0 Å². The molecule has 2 aromatic carbocycles. The lowest BCUT2D eigenvalue weighted by Gasteiger charge is -2.35. The van der Waals surface area contributed by atoms with Gasteiger partial charge >= 0.3 is 6.03 Å². The van der Waals surface area contributed by atoms with Crippen LogP contribution in [0.15, 0.2) is 63.3 Å². The van der Waals surface area contributed by atoms with E-state index in [-0.39, 0.29) is 58.9 Å². The third kappa shape index (κ3) is 8.15. The lowest BCUT2D eigenvalue weighted by Crippen LogP contribution is -2.50. The summed E-state index contributed by atoms with van der Waals surface area (Å²) in [5.74, 6) is -0.496. The third-order valence-corrected chi connectivity index (χ3v) is 10.7. The van der Waals surface area contributed by atoms with Crippen molar-refractivity contribution in [1.29, 1.82) is 0 Å². The third-order valence-electron chi connectivity index (χ3n) is 6.88. The molecule has 0 saturated heterocycles. The first kappa shape index (κ1) is 32.9. The van der Waals surface area contributed by atoms with Gasteiger partial charge in [0.05, 0.1) is 21.5 Å². The van der Waals surface area contributed by atoms with Gasteiger partial charge in [0.25, 0.3) is 5.91 Å². The maximum Gasteiger partial charge on any atom is 0.314 e. The number of amides is 4. The molecule has 0 spiro atoms. The Labute approximate surface area is 269 Å². The molecule has 0 bridgehead atoms. The summed E-state index contributed by atoms with van der Waals surface area (Å²) in [6, 6.07) is 13.3. The number of halogens is 2. The molecule has 3 N–H and O–H groups in total. The highest BCUT2D eigenvalue weighted by Gasteiger charge is 2.32. The second-order valence-corrected chi connectivity index (χ2v) is 14.3. The minimum atomic E-state index is -3.78. The molecular formula is C29H33BrClN5O5S2. The molecule has 0 aliphatic carbocycles. The highest BCUT2D eigenvalue weighted by Crippen LogP contribution is 2.34. The average Bonchev–Trinajstić information content (AvgIpc) is 3.34. The van der Waals surface area contributed by atoms with Gasteiger partial charge in [-0.3, -0.25) is 9.59 Å². The Bertz CT molecular complexity index is 1580. The van der Waals surface area contributed by atoms with Crippen molar-refractivity contribution in [2.45, 2.75) is 43.7 Å². The number of hydrogen-bond donors (Lipinski definition) is 3. The molecule has 0 radical (unpaired) electrons. The van der Waals surface area contributed by atoms with E-state index in [2.05, 4.69) is 31.9 Å². The largest absolute Gasteiger partial charge is 0.351 e. The number of nitrogens with one attached hydrogen (secondary N) is 3. The Kier molecular flexibility index (Phi) is 11.2. The molecule has 1 aliphatic heterocycles. The average molecular weight is 711 g/mol. The van der Waals surface area contributed by atoms with Gasteiger partial charge in [0.15, 0.2) is 0 Å². The Morgan fingerprint density at radius 1 is 1.12 bits per heavy atom. The summed E-state index contributed by atoms with van der Waals surface area (Å²) in [5, 5.41) is 10.2. The van der Waals surface area contributed by atoms with Crippen LogP contribution in [0.4, 0.5) is 10.5 Å². The zero-order valence-electron chi connectivity index (χ0n) is 23.7. The van der Waals surface area contributed by atoms with Gasteiger partial charge in [-0.15, -0.1) is 11.3 Å². The van der Waals surface area contributed by atoms with Crippen molar-refractivity contribution in [2.24, 2.45) is 0 Å². The van der Waals surface area contributed by atoms with Crippen molar-refractivity contribution in [2.75, 3.05) is 31.6 Å². The molecule has 10 nitrogen and oxygen atoms in total. The Balaban J connectivity index is 1.44. The second-order valence-electron chi connectivity index (χ2n) is 10.0. The van der Waals surface area contributed by atoms with E-state index in [1.807, 2.05) is 31.2 Å². The summed E-state index contributed by atoms with van der Waals surface area (Å²) in [7, 11) is -2.30. The first-order valence-corrected chi connectivity index (χ1v) is 17.2. The van der Waals surface area contributed by atoms with Crippen molar-refractivity contribution in [3.05, 3.63) is 79.4 Å². The Morgan fingerprint density at radius 2 is 1.84 bits per heavy atom. The van der Waals surface area contributed by atoms with Gasteiger partial charge in [0.2, 0.25) is 15.9 Å². The number of rotatable bonds is 11. The zero-order chi connectivity index (χ0) is 31.1. The molecule has 1 aromatic heterocycles. The summed E-state index contributed by atoms with van der Waals surface area (Å²) in [4.78, 5) is 40.4. The van der Waals surface area contributed by atoms with Crippen molar-refractivity contribution >= 4 is 72.4 Å². The standard InChI is InChI=1S/C29H33BrClN5O5S2/c1-3-32-29(39)33-14-6-9-26(37)34-21-15-19-7-4-5-8-24(19)36(16-21)28(38)23-18-42-25(27(23)31)17-35(2)43(40,41)22-12-10-20(30)11-13-22/h4-5,7-8,10-13,18,21H,3,6,9,14-17H2,1-2H3,(H,34,37)(H2,32,33,39). The topological polar surface area (TPSA) is 128 Å². The van der Waals surface area contributed by atoms with Gasteiger partial charge in [-0.2, -0.15) is 4.31 Å². The summed E-state index contributed by atoms with van der Waals surface area (Å²) in [6.45, 7) is 2.97. The number of hydrogen-bond acceptors (Lipinski definition) is 6. The van der Waals surface area contributed by atoms with E-state index in [1.165, 1.54) is 34.8 Å². The second kappa shape index (κ2) is 14.7. The van der Waals surface area contributed by atoms with Gasteiger partial charge < -0.3 is 20.9 Å². The van der Waals surface area contributed by atoms with Crippen LogP contribution < -0.4 is 20.9 Å². The van der Waals surface area contributed by atoms with Crippen LogP contribution in [0.1, 0.15) is 40.6 Å². The number of carbonyl (C=O) groups excluding carboxylic acids is 3. The highest BCUT2D eigenvalue weighted by atomic mass is 79.9. The molecule has 0 fully saturated rings. The fourth-order valence-corrected chi connectivity index (χ4v) is 7.55. The van der Waals surface area contributed by atoms with Crippen LogP contribution >= 0.6 is 38.9 Å². The van der Waals surface area contributed by atoms with Crippen LogP contribution in [0.2, 0.25) is 5.02 Å². The van der Waals surface area contributed by atoms with E-state index in [4.69, 9.17) is 11.6 Å². The number of thiophene rings is 1. The van der Waals surface area contributed by atoms with Crippen LogP contribution in [0.3, 0.4) is 0 Å². The fraction of sp³-hybridized carbons (Fsp3) is 0.345. The van der Waals surface area contributed by atoms with E-state index < -0.39 is 10.0 Å². The number of anilines is 1. The van der Waals surface area contributed by atoms with E-state index in [1.54, 1.807) is 22.4 Å². The van der Waals surface area contributed by atoms with Gasteiger partial charge in [0.1, 0.15) is 0 Å². The zero-order valence-corrected chi connectivity index (χ0v) is 27.7. The van der Waals surface area contributed by atoms with Gasteiger partial charge in [-0.1, -0.05) is 45.7 Å². The Morgan fingerprint density at radius 3 is 2.56 bits per heavy atom. The number of para-hydroxylation sites is 1. The SMILES string of the molecule is CCNC(=O)NCCCC(=O)NC1Cc2ccccc2N(C(=O)c2csc(CN(C)S(=O)(=O)c3ccc(Br)cc3)c2Cl)C1.